The van der Waals surface area contributed by atoms with Crippen molar-refractivity contribution in [2.24, 2.45) is 5.92 Å². The number of nitrogens with one attached hydrogen (secondary N) is 1. The lowest BCUT2D eigenvalue weighted by molar-refractivity contribution is -0.164. The number of aliphatic carboxylic acids is 1. The topological polar surface area (TPSA) is 102 Å². The van der Waals surface area contributed by atoms with Crippen molar-refractivity contribution in [2.45, 2.75) is 52.1 Å². The van der Waals surface area contributed by atoms with Crippen molar-refractivity contribution in [1.29, 1.82) is 0 Å². The van der Waals surface area contributed by atoms with Crippen LogP contribution in [0.3, 0.4) is 0 Å². The Morgan fingerprint density at radius 3 is 2.21 bits per heavy atom. The molecule has 0 bridgehead atoms. The monoisotopic (exact) mass is 460 g/mol. The number of urea groups is 1. The third-order valence-electron chi connectivity index (χ3n) is 6.16. The number of hydrogen-bond acceptors (Lipinski definition) is 6. The Morgan fingerprint density at radius 2 is 1.64 bits per heavy atom. The molecule has 0 radical (unpaired) electrons. The van der Waals surface area contributed by atoms with Crippen molar-refractivity contribution in [1.82, 2.24) is 14.9 Å². The second kappa shape index (κ2) is 10.5. The number of carboxylic acids is 1. The van der Waals surface area contributed by atoms with Gasteiger partial charge in [-0.1, -0.05) is 12.1 Å². The second-order valence-corrected chi connectivity index (χ2v) is 9.82. The molecule has 1 unspecified atom stereocenters. The van der Waals surface area contributed by atoms with Crippen LogP contribution < -0.4 is 5.32 Å². The number of anilines is 1. The fraction of sp³-hybridized carbons (Fsp3) is 0.625. The van der Waals surface area contributed by atoms with Crippen molar-refractivity contribution in [3.8, 4) is 0 Å². The molecule has 1 aromatic rings. The number of carboxylic acid groups (broad SMARTS) is 1. The minimum Gasteiger partial charge on any atom is -0.481 e. The van der Waals surface area contributed by atoms with Crippen molar-refractivity contribution in [3.05, 3.63) is 29.8 Å². The van der Waals surface area contributed by atoms with Crippen LogP contribution in [-0.2, 0) is 14.3 Å². The van der Waals surface area contributed by atoms with Crippen molar-refractivity contribution in [2.75, 3.05) is 44.6 Å². The first-order chi connectivity index (χ1) is 15.5. The van der Waals surface area contributed by atoms with Gasteiger partial charge in [-0.25, -0.2) is 14.8 Å². The van der Waals surface area contributed by atoms with E-state index in [0.717, 1.165) is 39.0 Å². The number of ether oxygens (including phenoxy) is 1. The highest BCUT2D eigenvalue weighted by Gasteiger charge is 2.32. The molecule has 1 atom stereocenters. The Bertz CT molecular complexity index is 853. The van der Waals surface area contributed by atoms with Gasteiger partial charge in [-0.05, 0) is 58.2 Å². The van der Waals surface area contributed by atoms with E-state index in [9.17, 15) is 19.5 Å². The van der Waals surface area contributed by atoms with Gasteiger partial charge >= 0.3 is 18.0 Å². The molecule has 33 heavy (non-hydrogen) atoms. The molecular formula is C24H36N4O5. The van der Waals surface area contributed by atoms with E-state index in [4.69, 9.17) is 4.74 Å². The molecule has 182 valence electrons. The fourth-order valence-corrected chi connectivity index (χ4v) is 4.18. The summed E-state index contributed by atoms with van der Waals surface area (Å²) >= 11 is 0. The lowest BCUT2D eigenvalue weighted by atomic mass is 9.97. The number of esters is 1. The zero-order valence-corrected chi connectivity index (χ0v) is 20.0. The van der Waals surface area contributed by atoms with Crippen LogP contribution in [0.1, 0.15) is 52.0 Å². The minimum absolute atomic E-state index is 0.0489. The zero-order chi connectivity index (χ0) is 24.2. The molecule has 2 fully saturated rings. The maximum Gasteiger partial charge on any atom is 0.321 e. The summed E-state index contributed by atoms with van der Waals surface area (Å²) in [4.78, 5) is 38.0. The van der Waals surface area contributed by atoms with Crippen molar-refractivity contribution >= 4 is 23.7 Å². The molecule has 2 aliphatic rings. The van der Waals surface area contributed by atoms with E-state index in [1.165, 1.54) is 0 Å². The number of amides is 2. The van der Waals surface area contributed by atoms with Gasteiger partial charge in [0.15, 0.2) is 0 Å². The average molecular weight is 461 g/mol. The zero-order valence-electron chi connectivity index (χ0n) is 20.0. The van der Waals surface area contributed by atoms with Crippen LogP contribution in [0.25, 0.3) is 0 Å². The third kappa shape index (κ3) is 6.91. The van der Waals surface area contributed by atoms with Crippen LogP contribution in [0.4, 0.5) is 10.5 Å². The molecule has 2 N–H and O–H groups in total. The first-order valence-corrected chi connectivity index (χ1v) is 11.6. The molecule has 0 spiro atoms. The summed E-state index contributed by atoms with van der Waals surface area (Å²) in [5.41, 5.74) is 0.790. The summed E-state index contributed by atoms with van der Waals surface area (Å²) in [6, 6.07) is 6.80. The predicted octanol–water partition coefficient (Wildman–Crippen LogP) is 2.99. The van der Waals surface area contributed by atoms with Crippen molar-refractivity contribution < 1.29 is 24.2 Å². The Kier molecular flexibility index (Phi) is 7.97. The van der Waals surface area contributed by atoms with Crippen LogP contribution >= 0.6 is 0 Å². The Balaban J connectivity index is 1.45. The fourth-order valence-electron chi connectivity index (χ4n) is 4.18. The molecule has 1 aromatic carbocycles. The molecule has 2 heterocycles. The number of hydrazine groups is 1. The maximum absolute atomic E-state index is 12.7. The van der Waals surface area contributed by atoms with E-state index >= 15 is 0 Å². The summed E-state index contributed by atoms with van der Waals surface area (Å²) in [5.74, 6) is -1.69. The summed E-state index contributed by atoms with van der Waals surface area (Å²) in [6.45, 7) is 11.6. The number of rotatable bonds is 5. The third-order valence-corrected chi connectivity index (χ3v) is 6.16. The molecule has 9 nitrogen and oxygen atoms in total. The SMILES string of the molecule is CC(C(=O)O)c1cccc(NC(=O)N2CCN(N3CCC(C(=O)OC(C)(C)C)CC3)CC2)c1. The number of benzene rings is 1. The first-order valence-electron chi connectivity index (χ1n) is 11.6. The van der Waals surface area contributed by atoms with E-state index in [2.05, 4.69) is 15.3 Å². The lowest BCUT2D eigenvalue weighted by Gasteiger charge is -2.43. The molecule has 2 amide bonds. The van der Waals surface area contributed by atoms with Gasteiger partial charge in [0, 0.05) is 45.0 Å². The lowest BCUT2D eigenvalue weighted by Crippen LogP contribution is -2.57. The van der Waals surface area contributed by atoms with Gasteiger partial charge in [-0.3, -0.25) is 9.59 Å². The minimum atomic E-state index is -0.898. The first kappa shape index (κ1) is 25.0. The Hall–Kier alpha value is -2.65. The summed E-state index contributed by atoms with van der Waals surface area (Å²) in [5, 5.41) is 16.6. The van der Waals surface area contributed by atoms with Gasteiger partial charge in [0.1, 0.15) is 5.60 Å². The molecule has 2 aliphatic heterocycles. The Labute approximate surface area is 195 Å². The number of piperidine rings is 1. The van der Waals surface area contributed by atoms with Crippen LogP contribution in [-0.4, -0.2) is 82.9 Å². The largest absolute Gasteiger partial charge is 0.481 e. The summed E-state index contributed by atoms with van der Waals surface area (Å²) in [7, 11) is 0. The highest BCUT2D eigenvalue weighted by atomic mass is 16.6. The average Bonchev–Trinajstić information content (AvgIpc) is 2.77. The number of carbonyl (C=O) groups is 3. The van der Waals surface area contributed by atoms with Crippen molar-refractivity contribution in [3.63, 3.8) is 0 Å². The molecule has 9 heteroatoms. The van der Waals surface area contributed by atoms with Gasteiger partial charge in [-0.15, -0.1) is 0 Å². The summed E-state index contributed by atoms with van der Waals surface area (Å²) < 4.78 is 5.53. The second-order valence-electron chi connectivity index (χ2n) is 9.82. The number of nitrogens with zero attached hydrogens (tertiary/aromatic N) is 3. The van der Waals surface area contributed by atoms with Crippen LogP contribution in [0.15, 0.2) is 24.3 Å². The van der Waals surface area contributed by atoms with E-state index in [0.29, 0.717) is 24.3 Å². The van der Waals surface area contributed by atoms with Crippen LogP contribution in [0.5, 0.6) is 0 Å². The molecule has 0 aliphatic carbocycles. The normalized spacial score (nSPS) is 19.7. The van der Waals surface area contributed by atoms with E-state index in [1.807, 2.05) is 20.8 Å². The number of carbonyl (C=O) groups excluding carboxylic acids is 2. The predicted molar refractivity (Wildman–Crippen MR) is 125 cm³/mol. The maximum atomic E-state index is 12.7. The highest BCUT2D eigenvalue weighted by Crippen LogP contribution is 2.24. The standard InChI is InChI=1S/C24H36N4O5/c1-17(21(29)30)19-6-5-7-20(16-19)25-23(32)26-12-14-28(15-13-26)27-10-8-18(9-11-27)22(31)33-24(2,3)4/h5-7,16-18H,8-15H2,1-4H3,(H,25,32)(H,29,30). The molecule has 2 saturated heterocycles. The van der Waals surface area contributed by atoms with Gasteiger partial charge in [-0.2, -0.15) is 0 Å². The molecular weight excluding hydrogens is 424 g/mol. The van der Waals surface area contributed by atoms with Gasteiger partial charge < -0.3 is 20.1 Å². The quantitative estimate of drug-likeness (QED) is 0.651. The van der Waals surface area contributed by atoms with Gasteiger partial charge in [0.25, 0.3) is 0 Å². The number of hydrogen-bond donors (Lipinski definition) is 2. The van der Waals surface area contributed by atoms with E-state index in [1.54, 1.807) is 36.1 Å². The highest BCUT2D eigenvalue weighted by molar-refractivity contribution is 5.89. The van der Waals surface area contributed by atoms with Crippen LogP contribution in [0.2, 0.25) is 0 Å². The van der Waals surface area contributed by atoms with E-state index < -0.39 is 17.5 Å². The molecule has 0 aromatic heterocycles. The molecule has 3 rings (SSSR count). The number of piperazine rings is 1. The van der Waals surface area contributed by atoms with Crippen LogP contribution in [0, 0.1) is 5.92 Å². The van der Waals surface area contributed by atoms with Gasteiger partial charge in [0.2, 0.25) is 0 Å². The molecule has 0 saturated carbocycles. The Morgan fingerprint density at radius 1 is 1.03 bits per heavy atom. The van der Waals surface area contributed by atoms with E-state index in [-0.39, 0.29) is 17.9 Å². The smallest absolute Gasteiger partial charge is 0.321 e. The summed E-state index contributed by atoms with van der Waals surface area (Å²) in [6.07, 6.45) is 1.56. The van der Waals surface area contributed by atoms with Gasteiger partial charge in [0.05, 0.1) is 11.8 Å².